The Labute approximate surface area is 81.4 Å². The minimum absolute atomic E-state index is 0. The summed E-state index contributed by atoms with van der Waals surface area (Å²) in [6.07, 6.45) is 1.64. The van der Waals surface area contributed by atoms with Crippen molar-refractivity contribution in [2.75, 3.05) is 5.73 Å². The first-order valence-corrected chi connectivity index (χ1v) is 2.92. The number of nitrogens with two attached hydrogens (primary N) is 1. The third-order valence-corrected chi connectivity index (χ3v) is 1.32. The van der Waals surface area contributed by atoms with Crippen LogP contribution in [0.1, 0.15) is 0 Å². The van der Waals surface area contributed by atoms with E-state index in [4.69, 9.17) is 5.73 Å². The summed E-state index contributed by atoms with van der Waals surface area (Å²) in [7, 11) is 0. The first-order valence-electron chi connectivity index (χ1n) is 2.92. The molecule has 6 heteroatoms. The molecule has 0 atom stereocenters. The van der Waals surface area contributed by atoms with Crippen molar-refractivity contribution >= 4 is 41.7 Å². The zero-order valence-corrected chi connectivity index (χ0v) is 7.65. The molecule has 0 saturated heterocycles. The second kappa shape index (κ2) is 4.13. The highest BCUT2D eigenvalue weighted by atomic mass is 35.5. The van der Waals surface area contributed by atoms with Crippen LogP contribution < -0.4 is 5.73 Å². The maximum absolute atomic E-state index is 5.43. The number of anilines is 1. The molecule has 4 nitrogen and oxygen atoms in total. The Morgan fingerprint density at radius 2 is 2.00 bits per heavy atom. The molecule has 0 spiro atoms. The molecule has 2 aromatic rings. The predicted molar refractivity (Wildman–Crippen MR) is 52.8 cm³/mol. The Morgan fingerprint density at radius 3 is 2.75 bits per heavy atom. The number of fused-ring (bicyclic) bond motifs is 1. The van der Waals surface area contributed by atoms with E-state index in [0.29, 0.717) is 5.82 Å². The summed E-state index contributed by atoms with van der Waals surface area (Å²) in [6, 6.07) is 3.59. The summed E-state index contributed by atoms with van der Waals surface area (Å²) in [5.74, 6) is 0.522. The van der Waals surface area contributed by atoms with Gasteiger partial charge >= 0.3 is 0 Å². The first kappa shape index (κ1) is 11.0. The molecule has 0 aliphatic carbocycles. The smallest absolute Gasteiger partial charge is 0.124 e. The van der Waals surface area contributed by atoms with Crippen LogP contribution in [0.5, 0.6) is 0 Å². The highest BCUT2D eigenvalue weighted by Gasteiger charge is 1.94. The number of aromatic amines is 1. The number of hydrogen-bond donors (Lipinski definition) is 2. The van der Waals surface area contributed by atoms with Crippen LogP contribution in [0.2, 0.25) is 0 Å². The molecule has 0 radical (unpaired) electrons. The lowest BCUT2D eigenvalue weighted by Crippen LogP contribution is -1.87. The molecule has 0 fully saturated rings. The van der Waals surface area contributed by atoms with Gasteiger partial charge in [0.1, 0.15) is 11.3 Å². The number of nitrogens with one attached hydrogen (secondary N) is 1. The minimum atomic E-state index is 0. The quantitative estimate of drug-likeness (QED) is 0.685. The fraction of sp³-hybridized carbons (Fsp3) is 0. The molecule has 2 rings (SSSR count). The van der Waals surface area contributed by atoms with Gasteiger partial charge in [-0.25, -0.2) is 4.98 Å². The highest BCUT2D eigenvalue weighted by molar-refractivity contribution is 5.85. The molecule has 0 unspecified atom stereocenters. The van der Waals surface area contributed by atoms with E-state index < -0.39 is 0 Å². The number of hydrogen-bond acceptors (Lipinski definition) is 3. The second-order valence-corrected chi connectivity index (χ2v) is 2.04. The average Bonchev–Trinajstić information content (AvgIpc) is 2.33. The van der Waals surface area contributed by atoms with Crippen molar-refractivity contribution in [3.05, 3.63) is 18.3 Å². The zero-order chi connectivity index (χ0) is 6.97. The number of H-pyrrole nitrogens is 1. The lowest BCUT2D eigenvalue weighted by Gasteiger charge is -1.88. The normalized spacial score (nSPS) is 8.67. The Morgan fingerprint density at radius 1 is 1.25 bits per heavy atom. The van der Waals surface area contributed by atoms with Crippen LogP contribution in [0.15, 0.2) is 18.3 Å². The Balaban J connectivity index is 0.000000605. The first-order chi connectivity index (χ1) is 4.86. The number of rotatable bonds is 0. The summed E-state index contributed by atoms with van der Waals surface area (Å²) < 4.78 is 0. The molecule has 0 amide bonds. The van der Waals surface area contributed by atoms with E-state index in [0.717, 1.165) is 11.0 Å². The van der Waals surface area contributed by atoms with Crippen LogP contribution >= 0.6 is 24.8 Å². The number of nitrogens with zero attached hydrogens (tertiary/aromatic N) is 2. The number of nitrogen functional groups attached to an aromatic ring is 1. The molecule has 0 saturated carbocycles. The monoisotopic (exact) mass is 206 g/mol. The second-order valence-electron chi connectivity index (χ2n) is 2.04. The predicted octanol–water partition coefficient (Wildman–Crippen LogP) is 1.38. The van der Waals surface area contributed by atoms with Crippen molar-refractivity contribution in [3.8, 4) is 0 Å². The van der Waals surface area contributed by atoms with Crippen molar-refractivity contribution in [2.45, 2.75) is 0 Å². The molecule has 0 aliphatic heterocycles. The van der Waals surface area contributed by atoms with Crippen LogP contribution in [-0.4, -0.2) is 15.2 Å². The minimum Gasteiger partial charge on any atom is -0.384 e. The molecular weight excluding hydrogens is 199 g/mol. The lowest BCUT2D eigenvalue weighted by atomic mass is 10.4. The van der Waals surface area contributed by atoms with Crippen molar-refractivity contribution in [2.24, 2.45) is 0 Å². The van der Waals surface area contributed by atoms with Gasteiger partial charge in [0.2, 0.25) is 0 Å². The van der Waals surface area contributed by atoms with Crippen LogP contribution in [0.25, 0.3) is 11.0 Å². The fourth-order valence-electron chi connectivity index (χ4n) is 0.847. The topological polar surface area (TPSA) is 67.6 Å². The van der Waals surface area contributed by atoms with Gasteiger partial charge in [-0.05, 0) is 12.1 Å². The number of pyridine rings is 1. The maximum Gasteiger partial charge on any atom is 0.124 e. The molecule has 2 heterocycles. The van der Waals surface area contributed by atoms with E-state index in [2.05, 4.69) is 15.2 Å². The van der Waals surface area contributed by atoms with E-state index >= 15 is 0 Å². The van der Waals surface area contributed by atoms with E-state index in [1.165, 1.54) is 0 Å². The Bertz CT molecular complexity index is 359. The third kappa shape index (κ3) is 1.78. The summed E-state index contributed by atoms with van der Waals surface area (Å²) in [5, 5.41) is 6.58. The highest BCUT2D eigenvalue weighted by Crippen LogP contribution is 2.08. The molecule has 66 valence electrons. The molecule has 12 heavy (non-hydrogen) atoms. The van der Waals surface area contributed by atoms with Gasteiger partial charge in [0.25, 0.3) is 0 Å². The molecule has 0 aromatic carbocycles. The summed E-state index contributed by atoms with van der Waals surface area (Å²) in [4.78, 5) is 4.02. The van der Waals surface area contributed by atoms with Crippen molar-refractivity contribution in [3.63, 3.8) is 0 Å². The fourth-order valence-corrected chi connectivity index (χ4v) is 0.847. The van der Waals surface area contributed by atoms with Gasteiger partial charge in [0.05, 0.1) is 11.7 Å². The summed E-state index contributed by atoms with van der Waals surface area (Å²) in [6.45, 7) is 0. The van der Waals surface area contributed by atoms with E-state index in [1.54, 1.807) is 12.3 Å². The van der Waals surface area contributed by atoms with Crippen molar-refractivity contribution < 1.29 is 0 Å². The standard InChI is InChI=1S/C6H6N4.2ClH/c7-6-2-1-4-5(9-6)3-8-10-4;;/h1-3H,(H2,7,9)(H,8,10);2*1H. The van der Waals surface area contributed by atoms with Gasteiger partial charge in [0.15, 0.2) is 0 Å². The lowest BCUT2D eigenvalue weighted by molar-refractivity contribution is 1.12. The van der Waals surface area contributed by atoms with E-state index in [-0.39, 0.29) is 24.8 Å². The maximum atomic E-state index is 5.43. The van der Waals surface area contributed by atoms with E-state index in [1.807, 2.05) is 6.07 Å². The number of aromatic nitrogens is 3. The molecule has 2 aromatic heterocycles. The van der Waals surface area contributed by atoms with Crippen LogP contribution in [0, 0.1) is 0 Å². The average molecular weight is 207 g/mol. The Hall–Kier alpha value is -1.00. The van der Waals surface area contributed by atoms with Crippen LogP contribution in [0.4, 0.5) is 5.82 Å². The van der Waals surface area contributed by atoms with Crippen molar-refractivity contribution in [1.29, 1.82) is 0 Å². The van der Waals surface area contributed by atoms with E-state index in [9.17, 15) is 0 Å². The largest absolute Gasteiger partial charge is 0.384 e. The van der Waals surface area contributed by atoms with Gasteiger partial charge < -0.3 is 5.73 Å². The van der Waals surface area contributed by atoms with Crippen LogP contribution in [0.3, 0.4) is 0 Å². The Kier molecular flexibility index (Phi) is 3.79. The van der Waals surface area contributed by atoms with Gasteiger partial charge in [-0.15, -0.1) is 24.8 Å². The molecule has 0 bridgehead atoms. The number of halogens is 2. The third-order valence-electron chi connectivity index (χ3n) is 1.32. The van der Waals surface area contributed by atoms with Gasteiger partial charge in [-0.1, -0.05) is 0 Å². The summed E-state index contributed by atoms with van der Waals surface area (Å²) >= 11 is 0. The molecule has 3 N–H and O–H groups in total. The van der Waals surface area contributed by atoms with Gasteiger partial charge in [-0.3, -0.25) is 5.10 Å². The van der Waals surface area contributed by atoms with Gasteiger partial charge in [-0.2, -0.15) is 5.10 Å². The molecule has 0 aliphatic rings. The molecular formula is C6H8Cl2N4. The SMILES string of the molecule is Cl.Cl.Nc1ccc2[nH]ncc2n1. The van der Waals surface area contributed by atoms with Crippen LogP contribution in [-0.2, 0) is 0 Å². The zero-order valence-electron chi connectivity index (χ0n) is 6.02. The van der Waals surface area contributed by atoms with Gasteiger partial charge in [0, 0.05) is 0 Å². The summed E-state index contributed by atoms with van der Waals surface area (Å²) in [5.41, 5.74) is 7.15. The van der Waals surface area contributed by atoms with Crippen molar-refractivity contribution in [1.82, 2.24) is 15.2 Å².